The summed E-state index contributed by atoms with van der Waals surface area (Å²) in [4.78, 5) is 9.60. The van der Waals surface area contributed by atoms with Gasteiger partial charge in [0.25, 0.3) is 0 Å². The SMILES string of the molecule is c1cc(-c2ccc3oc4nc5ccccc5nc4c3c2)cc(-c2cccc3c2sc2c4ccccc4ccc32)c1. The second-order valence-electron chi connectivity index (χ2n) is 10.2. The number of para-hydroxylation sites is 2. The topological polar surface area (TPSA) is 38.9 Å². The largest absolute Gasteiger partial charge is 0.436 e. The summed E-state index contributed by atoms with van der Waals surface area (Å²) in [7, 11) is 0. The molecule has 0 spiro atoms. The van der Waals surface area contributed by atoms with Crippen molar-refractivity contribution in [1.82, 2.24) is 9.97 Å². The molecule has 0 bridgehead atoms. The highest BCUT2D eigenvalue weighted by Gasteiger charge is 2.15. The lowest BCUT2D eigenvalue weighted by molar-refractivity contribution is 0.655. The molecule has 6 aromatic carbocycles. The van der Waals surface area contributed by atoms with Crippen LogP contribution in [0.25, 0.3) is 86.4 Å². The molecule has 0 amide bonds. The van der Waals surface area contributed by atoms with Crippen LogP contribution in [0.3, 0.4) is 0 Å². The van der Waals surface area contributed by atoms with E-state index in [1.54, 1.807) is 0 Å². The van der Waals surface area contributed by atoms with E-state index >= 15 is 0 Å². The number of rotatable bonds is 2. The number of thiophene rings is 1. The van der Waals surface area contributed by atoms with Crippen LogP contribution in [-0.4, -0.2) is 9.97 Å². The first-order valence-electron chi connectivity index (χ1n) is 13.3. The van der Waals surface area contributed by atoms with Gasteiger partial charge in [-0.3, -0.25) is 0 Å². The zero-order valence-corrected chi connectivity index (χ0v) is 22.1. The Morgan fingerprint density at radius 3 is 2.20 bits per heavy atom. The van der Waals surface area contributed by atoms with Crippen molar-refractivity contribution in [2.45, 2.75) is 0 Å². The van der Waals surface area contributed by atoms with Gasteiger partial charge >= 0.3 is 0 Å². The molecule has 3 aromatic heterocycles. The maximum atomic E-state index is 6.08. The zero-order valence-electron chi connectivity index (χ0n) is 21.3. The summed E-state index contributed by atoms with van der Waals surface area (Å²) in [5, 5.41) is 6.21. The molecule has 9 aromatic rings. The van der Waals surface area contributed by atoms with Crippen LogP contribution in [0.4, 0.5) is 0 Å². The van der Waals surface area contributed by atoms with Gasteiger partial charge < -0.3 is 4.42 Å². The Labute approximate surface area is 233 Å². The van der Waals surface area contributed by atoms with E-state index in [2.05, 4.69) is 91.0 Å². The number of benzene rings is 6. The molecule has 9 rings (SSSR count). The predicted octanol–water partition coefficient (Wildman–Crippen LogP) is 10.4. The summed E-state index contributed by atoms with van der Waals surface area (Å²) >= 11 is 1.89. The summed E-state index contributed by atoms with van der Waals surface area (Å²) < 4.78 is 8.75. The Bertz CT molecular complexity index is 2450. The fourth-order valence-electron chi connectivity index (χ4n) is 5.94. The minimum Gasteiger partial charge on any atom is -0.436 e. The minimum atomic E-state index is 0.573. The van der Waals surface area contributed by atoms with Crippen molar-refractivity contribution in [2.75, 3.05) is 0 Å². The molecule has 0 saturated heterocycles. The lowest BCUT2D eigenvalue weighted by Gasteiger charge is -2.08. The van der Waals surface area contributed by atoms with Gasteiger partial charge in [-0.1, -0.05) is 91.0 Å². The third-order valence-electron chi connectivity index (χ3n) is 7.88. The van der Waals surface area contributed by atoms with E-state index in [9.17, 15) is 0 Å². The molecule has 0 radical (unpaired) electrons. The molecule has 0 aliphatic heterocycles. The smallest absolute Gasteiger partial charge is 0.246 e. The zero-order chi connectivity index (χ0) is 26.2. The van der Waals surface area contributed by atoms with Crippen LogP contribution in [0.1, 0.15) is 0 Å². The number of aromatic nitrogens is 2. The average Bonchev–Trinajstić information content (AvgIpc) is 3.57. The van der Waals surface area contributed by atoms with Crippen molar-refractivity contribution in [3.05, 3.63) is 121 Å². The van der Waals surface area contributed by atoms with E-state index < -0.39 is 0 Å². The highest BCUT2D eigenvalue weighted by molar-refractivity contribution is 7.27. The predicted molar refractivity (Wildman–Crippen MR) is 168 cm³/mol. The maximum Gasteiger partial charge on any atom is 0.246 e. The third kappa shape index (κ3) is 3.17. The molecule has 0 aliphatic carbocycles. The maximum absolute atomic E-state index is 6.08. The fourth-order valence-corrected chi connectivity index (χ4v) is 7.31. The van der Waals surface area contributed by atoms with Gasteiger partial charge in [0.15, 0.2) is 0 Å². The first-order chi connectivity index (χ1) is 19.8. The molecular weight excluding hydrogens is 508 g/mol. The molecule has 0 fully saturated rings. The lowest BCUT2D eigenvalue weighted by Crippen LogP contribution is -1.84. The molecule has 186 valence electrons. The fraction of sp³-hybridized carbons (Fsp3) is 0. The van der Waals surface area contributed by atoms with Crippen molar-refractivity contribution in [3.63, 3.8) is 0 Å². The van der Waals surface area contributed by atoms with E-state index in [-0.39, 0.29) is 0 Å². The Morgan fingerprint density at radius 2 is 1.25 bits per heavy atom. The minimum absolute atomic E-state index is 0.573. The first kappa shape index (κ1) is 21.8. The molecule has 40 heavy (non-hydrogen) atoms. The number of fused-ring (bicyclic) bond motifs is 9. The standard InChI is InChI=1S/C36H20N2OS/c1-2-10-25-21(7-1)15-17-28-27-12-6-11-26(35(27)40-34(25)28)24-9-5-8-22(19-24)23-16-18-32-29(20-23)33-36(39-32)38-31-14-4-3-13-30(31)37-33/h1-20H. The molecule has 0 atom stereocenters. The lowest BCUT2D eigenvalue weighted by atomic mass is 9.97. The van der Waals surface area contributed by atoms with Crippen LogP contribution >= 0.6 is 11.3 Å². The van der Waals surface area contributed by atoms with Crippen molar-refractivity contribution in [2.24, 2.45) is 0 Å². The molecule has 3 heterocycles. The van der Waals surface area contributed by atoms with Crippen LogP contribution in [-0.2, 0) is 0 Å². The summed E-state index contributed by atoms with van der Waals surface area (Å²) in [6, 6.07) is 42.9. The Balaban J connectivity index is 1.21. The summed E-state index contributed by atoms with van der Waals surface area (Å²) in [5.41, 5.74) is 8.64. The van der Waals surface area contributed by atoms with Crippen LogP contribution in [0.15, 0.2) is 126 Å². The molecule has 0 saturated carbocycles. The Morgan fingerprint density at radius 1 is 0.500 bits per heavy atom. The molecule has 0 N–H and O–H groups in total. The van der Waals surface area contributed by atoms with Gasteiger partial charge in [-0.05, 0) is 63.4 Å². The van der Waals surface area contributed by atoms with Gasteiger partial charge in [-0.25, -0.2) is 9.97 Å². The number of nitrogens with zero attached hydrogens (tertiary/aromatic N) is 2. The second-order valence-corrected chi connectivity index (χ2v) is 11.2. The van der Waals surface area contributed by atoms with Crippen molar-refractivity contribution < 1.29 is 4.42 Å². The van der Waals surface area contributed by atoms with Crippen LogP contribution in [0, 0.1) is 0 Å². The van der Waals surface area contributed by atoms with Gasteiger partial charge in [0.2, 0.25) is 5.71 Å². The van der Waals surface area contributed by atoms with Crippen LogP contribution in [0.5, 0.6) is 0 Å². The van der Waals surface area contributed by atoms with E-state index in [1.807, 2.05) is 41.7 Å². The van der Waals surface area contributed by atoms with E-state index in [0.717, 1.165) is 38.6 Å². The van der Waals surface area contributed by atoms with Gasteiger partial charge in [0, 0.05) is 25.6 Å². The normalized spacial score (nSPS) is 12.0. The summed E-state index contributed by atoms with van der Waals surface area (Å²) in [6.07, 6.45) is 0. The van der Waals surface area contributed by atoms with Gasteiger partial charge in [0.1, 0.15) is 11.1 Å². The highest BCUT2D eigenvalue weighted by atomic mass is 32.1. The molecular formula is C36H20N2OS. The average molecular weight is 529 g/mol. The van der Waals surface area contributed by atoms with Crippen molar-refractivity contribution in [3.8, 4) is 22.3 Å². The van der Waals surface area contributed by atoms with Gasteiger partial charge in [-0.15, -0.1) is 11.3 Å². The number of hydrogen-bond donors (Lipinski definition) is 0. The molecule has 0 unspecified atom stereocenters. The number of furan rings is 1. The van der Waals surface area contributed by atoms with E-state index in [0.29, 0.717) is 5.71 Å². The highest BCUT2D eigenvalue weighted by Crippen LogP contribution is 2.43. The Kier molecular flexibility index (Phi) is 4.48. The van der Waals surface area contributed by atoms with E-state index in [4.69, 9.17) is 14.4 Å². The van der Waals surface area contributed by atoms with Gasteiger partial charge in [-0.2, -0.15) is 0 Å². The van der Waals surface area contributed by atoms with Gasteiger partial charge in [0.05, 0.1) is 11.0 Å². The summed E-state index contributed by atoms with van der Waals surface area (Å²) in [6.45, 7) is 0. The van der Waals surface area contributed by atoms with Crippen LogP contribution < -0.4 is 0 Å². The molecule has 0 aliphatic rings. The Hall–Kier alpha value is -5.06. The monoisotopic (exact) mass is 528 g/mol. The summed E-state index contributed by atoms with van der Waals surface area (Å²) in [5.74, 6) is 0. The molecule has 3 nitrogen and oxygen atoms in total. The number of hydrogen-bond acceptors (Lipinski definition) is 4. The third-order valence-corrected chi connectivity index (χ3v) is 9.16. The first-order valence-corrected chi connectivity index (χ1v) is 14.1. The van der Waals surface area contributed by atoms with Crippen molar-refractivity contribution in [1.29, 1.82) is 0 Å². The molecule has 4 heteroatoms. The quantitative estimate of drug-likeness (QED) is 0.224. The van der Waals surface area contributed by atoms with Crippen molar-refractivity contribution >= 4 is 75.5 Å². The van der Waals surface area contributed by atoms with E-state index in [1.165, 1.54) is 42.1 Å². The second kappa shape index (κ2) is 8.22. The van der Waals surface area contributed by atoms with Crippen LogP contribution in [0.2, 0.25) is 0 Å².